The zero-order valence-corrected chi connectivity index (χ0v) is 28.5. The van der Waals surface area contributed by atoms with Gasteiger partial charge in [-0.05, 0) is 122 Å². The van der Waals surface area contributed by atoms with Crippen LogP contribution in [0.15, 0.2) is 11.6 Å². The average molecular weight is 635 g/mol. The molecule has 0 aromatic heterocycles. The summed E-state index contributed by atoms with van der Waals surface area (Å²) < 4.78 is 0. The van der Waals surface area contributed by atoms with E-state index in [1.807, 2.05) is 13.0 Å². The SMILES string of the molecule is CC12CCC#CC(O)C3(C(O)CC4(C)C(=CC(=O)C5C67CCCCC54CCC6C(C)(C(O)CO)C(O)CC7)C3C1)C1(CCCC1)C2. The molecule has 0 amide bonds. The largest absolute Gasteiger partial charge is 0.394 e. The number of hydrogen-bond acceptors (Lipinski definition) is 6. The molecule has 9 aliphatic rings. The summed E-state index contributed by atoms with van der Waals surface area (Å²) in [5.74, 6) is 6.46. The van der Waals surface area contributed by atoms with E-state index < -0.39 is 47.3 Å². The molecular formula is C40H58O6. The molecule has 13 unspecified atom stereocenters. The van der Waals surface area contributed by atoms with Gasteiger partial charge in [-0.25, -0.2) is 0 Å². The van der Waals surface area contributed by atoms with Crippen LogP contribution in [0, 0.1) is 67.5 Å². The van der Waals surface area contributed by atoms with Crippen LogP contribution in [0.2, 0.25) is 0 Å². The van der Waals surface area contributed by atoms with Crippen molar-refractivity contribution >= 4 is 5.78 Å². The first-order chi connectivity index (χ1) is 21.8. The molecule has 46 heavy (non-hydrogen) atoms. The fourth-order valence-corrected chi connectivity index (χ4v) is 15.7. The van der Waals surface area contributed by atoms with E-state index in [0.717, 1.165) is 96.3 Å². The average Bonchev–Trinajstić information content (AvgIpc) is 3.46. The van der Waals surface area contributed by atoms with Gasteiger partial charge in [0.1, 0.15) is 6.10 Å². The van der Waals surface area contributed by atoms with E-state index in [4.69, 9.17) is 0 Å². The van der Waals surface area contributed by atoms with Gasteiger partial charge in [0.15, 0.2) is 5.78 Å². The van der Waals surface area contributed by atoms with Crippen LogP contribution >= 0.6 is 0 Å². The van der Waals surface area contributed by atoms with Crippen molar-refractivity contribution in [1.82, 2.24) is 0 Å². The summed E-state index contributed by atoms with van der Waals surface area (Å²) in [6.45, 7) is 6.38. The number of hydrogen-bond donors (Lipinski definition) is 5. The fraction of sp³-hybridized carbons (Fsp3) is 0.875. The number of carbonyl (C=O) groups excluding carboxylic acids is 1. The predicted molar refractivity (Wildman–Crippen MR) is 175 cm³/mol. The summed E-state index contributed by atoms with van der Waals surface area (Å²) in [6, 6.07) is 0. The van der Waals surface area contributed by atoms with Crippen molar-refractivity contribution in [3.05, 3.63) is 11.6 Å². The van der Waals surface area contributed by atoms with E-state index in [2.05, 4.69) is 25.7 Å². The molecule has 3 spiro atoms. The van der Waals surface area contributed by atoms with Crippen LogP contribution in [0.1, 0.15) is 130 Å². The Morgan fingerprint density at radius 2 is 1.61 bits per heavy atom. The first-order valence-electron chi connectivity index (χ1n) is 18.9. The zero-order chi connectivity index (χ0) is 32.5. The Kier molecular flexibility index (Phi) is 7.07. The number of aliphatic hydroxyl groups excluding tert-OH is 5. The lowest BCUT2D eigenvalue weighted by molar-refractivity contribution is -0.263. The van der Waals surface area contributed by atoms with Gasteiger partial charge < -0.3 is 25.5 Å². The third-order valence-corrected chi connectivity index (χ3v) is 17.4. The minimum Gasteiger partial charge on any atom is -0.394 e. The van der Waals surface area contributed by atoms with E-state index in [9.17, 15) is 25.5 Å². The minimum absolute atomic E-state index is 0.0394. The summed E-state index contributed by atoms with van der Waals surface area (Å²) in [6.07, 6.45) is 13.9. The highest BCUT2D eigenvalue weighted by molar-refractivity contribution is 5.96. The highest BCUT2D eigenvalue weighted by Gasteiger charge is 2.78. The molecule has 6 saturated carbocycles. The summed E-state index contributed by atoms with van der Waals surface area (Å²) in [5.41, 5.74) is -1.67. The van der Waals surface area contributed by atoms with Crippen molar-refractivity contribution < 1.29 is 30.3 Å². The second kappa shape index (κ2) is 10.2. The molecule has 6 fully saturated rings. The van der Waals surface area contributed by atoms with Gasteiger partial charge in [-0.2, -0.15) is 0 Å². The quantitative estimate of drug-likeness (QED) is 0.257. The molecule has 0 heterocycles. The minimum atomic E-state index is -1.04. The predicted octanol–water partition coefficient (Wildman–Crippen LogP) is 5.47. The Morgan fingerprint density at radius 1 is 0.891 bits per heavy atom. The van der Waals surface area contributed by atoms with Gasteiger partial charge in [-0.1, -0.05) is 57.9 Å². The Hall–Kier alpha value is -1.23. The van der Waals surface area contributed by atoms with Gasteiger partial charge in [-0.3, -0.25) is 4.79 Å². The maximum atomic E-state index is 15.2. The molecule has 6 heteroatoms. The van der Waals surface area contributed by atoms with Crippen LogP contribution in [0.25, 0.3) is 0 Å². The standard InChI is InChI=1S/C40H58O6/c1-34-13-5-4-10-30(44)40(37(24-34)14-6-7-15-37)26(21-34)25-20-27(42)33-38-16-8-9-17-39(33,35(25,2)22-31(40)45)19-11-28(38)36(3,32(46)23-41)29(43)12-18-38/h20,26,28-33,41,43-46H,5-9,11-19,21-24H2,1-3H3. The number of allylic oxidation sites excluding steroid dienone is 2. The molecule has 6 nitrogen and oxygen atoms in total. The first-order valence-corrected chi connectivity index (χ1v) is 18.9. The number of rotatable bonds is 2. The lowest BCUT2D eigenvalue weighted by Crippen LogP contribution is -2.73. The van der Waals surface area contributed by atoms with Gasteiger partial charge in [0.05, 0.1) is 24.9 Å². The van der Waals surface area contributed by atoms with E-state index in [1.165, 1.54) is 5.57 Å². The molecule has 9 rings (SSSR count). The van der Waals surface area contributed by atoms with Crippen molar-refractivity contribution in [3.8, 4) is 11.8 Å². The third-order valence-electron chi connectivity index (χ3n) is 17.4. The Bertz CT molecular complexity index is 1380. The van der Waals surface area contributed by atoms with Crippen molar-refractivity contribution in [1.29, 1.82) is 0 Å². The van der Waals surface area contributed by atoms with Gasteiger partial charge in [0, 0.05) is 23.2 Å². The van der Waals surface area contributed by atoms with E-state index in [1.54, 1.807) is 0 Å². The number of aliphatic hydroxyl groups is 5. The molecule has 0 aliphatic heterocycles. The van der Waals surface area contributed by atoms with Crippen molar-refractivity contribution in [3.63, 3.8) is 0 Å². The maximum absolute atomic E-state index is 15.2. The lowest BCUT2D eigenvalue weighted by Gasteiger charge is -2.74. The van der Waals surface area contributed by atoms with Crippen LogP contribution in [0.4, 0.5) is 0 Å². The molecule has 0 aromatic rings. The van der Waals surface area contributed by atoms with Crippen molar-refractivity contribution in [2.75, 3.05) is 6.61 Å². The van der Waals surface area contributed by atoms with Crippen LogP contribution in [-0.2, 0) is 4.79 Å². The maximum Gasteiger partial charge on any atom is 0.159 e. The Labute approximate surface area is 275 Å². The van der Waals surface area contributed by atoms with Crippen molar-refractivity contribution in [2.24, 2.45) is 55.7 Å². The molecule has 0 aromatic carbocycles. The van der Waals surface area contributed by atoms with Crippen molar-refractivity contribution in [2.45, 2.75) is 154 Å². The topological polar surface area (TPSA) is 118 Å². The molecule has 0 radical (unpaired) electrons. The van der Waals surface area contributed by atoms with E-state index in [-0.39, 0.29) is 45.2 Å². The smallest absolute Gasteiger partial charge is 0.159 e. The molecule has 4 bridgehead atoms. The molecular weight excluding hydrogens is 576 g/mol. The van der Waals surface area contributed by atoms with Crippen LogP contribution < -0.4 is 0 Å². The van der Waals surface area contributed by atoms with Crippen LogP contribution in [0.3, 0.4) is 0 Å². The first kappa shape index (κ1) is 32.0. The Morgan fingerprint density at radius 3 is 2.35 bits per heavy atom. The van der Waals surface area contributed by atoms with Gasteiger partial charge in [0.2, 0.25) is 0 Å². The second-order valence-corrected chi connectivity index (χ2v) is 18.7. The monoisotopic (exact) mass is 634 g/mol. The molecule has 13 atom stereocenters. The molecule has 5 N–H and O–H groups in total. The summed E-state index contributed by atoms with van der Waals surface area (Å²) in [7, 11) is 0. The molecule has 9 aliphatic carbocycles. The summed E-state index contributed by atoms with van der Waals surface area (Å²) in [4.78, 5) is 15.2. The summed E-state index contributed by atoms with van der Waals surface area (Å²) in [5, 5.41) is 58.1. The third kappa shape index (κ3) is 3.56. The lowest BCUT2D eigenvalue weighted by atomic mass is 9.29. The fourth-order valence-electron chi connectivity index (χ4n) is 15.7. The second-order valence-electron chi connectivity index (χ2n) is 18.7. The number of carbonyl (C=O) groups is 1. The highest BCUT2D eigenvalue weighted by Crippen LogP contribution is 2.81. The number of fused-ring (bicyclic) bond motifs is 4. The summed E-state index contributed by atoms with van der Waals surface area (Å²) >= 11 is 0. The van der Waals surface area contributed by atoms with Gasteiger partial charge in [0.25, 0.3) is 0 Å². The number of ketones is 1. The van der Waals surface area contributed by atoms with Gasteiger partial charge >= 0.3 is 0 Å². The van der Waals surface area contributed by atoms with Crippen LogP contribution in [-0.4, -0.2) is 62.3 Å². The van der Waals surface area contributed by atoms with Gasteiger partial charge in [-0.15, -0.1) is 5.92 Å². The molecule has 0 saturated heterocycles. The molecule has 254 valence electrons. The zero-order valence-electron chi connectivity index (χ0n) is 28.5. The Balaban J connectivity index is 1.34. The normalized spacial score (nSPS) is 54.3. The van der Waals surface area contributed by atoms with E-state index >= 15 is 4.79 Å². The van der Waals surface area contributed by atoms with Crippen LogP contribution in [0.5, 0.6) is 0 Å². The van der Waals surface area contributed by atoms with E-state index in [0.29, 0.717) is 12.8 Å². The highest BCUT2D eigenvalue weighted by atomic mass is 16.3.